The van der Waals surface area contributed by atoms with Crippen molar-refractivity contribution >= 4 is 104 Å². The molecule has 3 aromatic heterocycles. The number of anilines is 4. The number of benzene rings is 10. The van der Waals surface area contributed by atoms with E-state index < -0.39 is 0 Å². The SMILES string of the molecule is C=C1/C=C\C=C/N(c2ccc3c(c2)c2ccccc2n3-c2ccccc2)c2ccc3c(sc4ccc(-c5cccc(Nc6ccccc6-c6cccc(-c7ccc8oc9ccccc9c8c7)c6)c5)cc43)c21. The van der Waals surface area contributed by atoms with E-state index in [0.717, 1.165) is 89.3 Å². The molecule has 1 N–H and O–H groups in total. The Bertz CT molecular complexity index is 4360. The largest absolute Gasteiger partial charge is 0.456 e. The molecule has 1 aliphatic rings. The minimum absolute atomic E-state index is 0.902. The molecule has 0 bridgehead atoms. The van der Waals surface area contributed by atoms with Crippen LogP contribution in [0.2, 0.25) is 0 Å². The number of para-hydroxylation sites is 4. The molecule has 0 amide bonds. The molecule has 334 valence electrons. The Balaban J connectivity index is 0.795. The molecule has 0 saturated carbocycles. The molecule has 10 aromatic carbocycles. The lowest BCUT2D eigenvalue weighted by atomic mass is 9.97. The summed E-state index contributed by atoms with van der Waals surface area (Å²) in [4.78, 5) is 2.32. The Morgan fingerprint density at radius 3 is 2.08 bits per heavy atom. The molecular formula is C66H43N3OS. The lowest BCUT2D eigenvalue weighted by Crippen LogP contribution is -2.11. The predicted molar refractivity (Wildman–Crippen MR) is 303 cm³/mol. The molecule has 5 heteroatoms. The number of furan rings is 1. The fourth-order valence-corrected chi connectivity index (χ4v) is 12.0. The Labute approximate surface area is 414 Å². The zero-order valence-corrected chi connectivity index (χ0v) is 39.3. The minimum Gasteiger partial charge on any atom is -0.456 e. The van der Waals surface area contributed by atoms with Crippen molar-refractivity contribution in [2.24, 2.45) is 0 Å². The molecule has 1 aliphatic heterocycles. The summed E-state index contributed by atoms with van der Waals surface area (Å²) in [6, 6.07) is 78.5. The molecule has 0 unspecified atom stereocenters. The highest BCUT2D eigenvalue weighted by Crippen LogP contribution is 2.47. The van der Waals surface area contributed by atoms with Gasteiger partial charge in [0, 0.05) is 81.8 Å². The molecule has 0 saturated heterocycles. The van der Waals surface area contributed by atoms with E-state index in [2.05, 4.69) is 252 Å². The number of hydrogen-bond donors (Lipinski definition) is 1. The van der Waals surface area contributed by atoms with Gasteiger partial charge in [0.1, 0.15) is 11.2 Å². The molecule has 71 heavy (non-hydrogen) atoms. The third-order valence-electron chi connectivity index (χ3n) is 14.1. The van der Waals surface area contributed by atoms with Gasteiger partial charge in [-0.15, -0.1) is 11.3 Å². The van der Waals surface area contributed by atoms with Gasteiger partial charge in [-0.2, -0.15) is 0 Å². The van der Waals surface area contributed by atoms with Gasteiger partial charge in [-0.1, -0.05) is 140 Å². The molecule has 13 aromatic rings. The highest BCUT2D eigenvalue weighted by Gasteiger charge is 2.22. The van der Waals surface area contributed by atoms with Gasteiger partial charge in [-0.05, 0) is 137 Å². The van der Waals surface area contributed by atoms with E-state index in [0.29, 0.717) is 0 Å². The topological polar surface area (TPSA) is 33.3 Å². The van der Waals surface area contributed by atoms with Crippen LogP contribution in [0, 0.1) is 0 Å². The minimum atomic E-state index is 0.902. The van der Waals surface area contributed by atoms with Gasteiger partial charge >= 0.3 is 0 Å². The van der Waals surface area contributed by atoms with Crippen LogP contribution in [0.4, 0.5) is 22.7 Å². The van der Waals surface area contributed by atoms with Crippen LogP contribution >= 0.6 is 11.3 Å². The fourth-order valence-electron chi connectivity index (χ4n) is 10.7. The van der Waals surface area contributed by atoms with Crippen molar-refractivity contribution in [2.75, 3.05) is 10.2 Å². The maximum atomic E-state index is 6.13. The maximum Gasteiger partial charge on any atom is 0.135 e. The van der Waals surface area contributed by atoms with E-state index in [1.165, 1.54) is 47.5 Å². The maximum absolute atomic E-state index is 6.13. The Morgan fingerprint density at radius 1 is 0.451 bits per heavy atom. The van der Waals surface area contributed by atoms with Gasteiger partial charge in [-0.25, -0.2) is 0 Å². The number of fused-ring (bicyclic) bond motifs is 11. The van der Waals surface area contributed by atoms with Crippen molar-refractivity contribution in [3.8, 4) is 39.1 Å². The molecule has 0 radical (unpaired) electrons. The summed E-state index contributed by atoms with van der Waals surface area (Å²) in [6.07, 6.45) is 8.52. The molecule has 14 rings (SSSR count). The average Bonchev–Trinajstić information content (AvgIpc) is 4.09. The summed E-state index contributed by atoms with van der Waals surface area (Å²) in [5.41, 5.74) is 18.7. The third kappa shape index (κ3) is 6.89. The summed E-state index contributed by atoms with van der Waals surface area (Å²) in [6.45, 7) is 4.65. The van der Waals surface area contributed by atoms with Crippen LogP contribution in [-0.4, -0.2) is 4.57 Å². The summed E-state index contributed by atoms with van der Waals surface area (Å²) in [7, 11) is 0. The van der Waals surface area contributed by atoms with E-state index in [1.807, 2.05) is 23.5 Å². The first kappa shape index (κ1) is 40.9. The molecule has 0 atom stereocenters. The molecule has 0 spiro atoms. The first-order valence-electron chi connectivity index (χ1n) is 24.0. The first-order chi connectivity index (χ1) is 35.1. The van der Waals surface area contributed by atoms with Gasteiger partial charge in [0.05, 0.1) is 16.7 Å². The van der Waals surface area contributed by atoms with Crippen molar-refractivity contribution in [3.63, 3.8) is 0 Å². The number of hydrogen-bond acceptors (Lipinski definition) is 4. The van der Waals surface area contributed by atoms with Crippen LogP contribution in [0.1, 0.15) is 5.56 Å². The first-order valence-corrected chi connectivity index (χ1v) is 24.8. The van der Waals surface area contributed by atoms with Crippen LogP contribution in [0.15, 0.2) is 254 Å². The number of nitrogens with zero attached hydrogens (tertiary/aromatic N) is 2. The highest BCUT2D eigenvalue weighted by atomic mass is 32.1. The Hall–Kier alpha value is -9.16. The van der Waals surface area contributed by atoms with Gasteiger partial charge in [0.15, 0.2) is 0 Å². The average molecular weight is 926 g/mol. The zero-order valence-electron chi connectivity index (χ0n) is 38.5. The number of allylic oxidation sites excluding steroid dienone is 4. The van der Waals surface area contributed by atoms with E-state index in [9.17, 15) is 0 Å². The van der Waals surface area contributed by atoms with Crippen molar-refractivity contribution in [1.82, 2.24) is 4.57 Å². The standard InChI is InChI=1S/C66H43N3OS/c1-42-15-11-12-36-68(50-30-32-60-55(41-50)52-23-6-9-26-59(52)69(60)49-20-3-2-4-21-49)61-33-31-54-57-40-46(29-35-64(57)71-66(54)65(42)61)44-17-14-19-48(38-44)67-58-25-8-5-22-51(58)47-18-13-16-43(37-47)45-28-34-63-56(39-45)53-24-7-10-27-62(53)70-63/h2-41,67H,1H2/b15-11-,36-12-. The van der Waals surface area contributed by atoms with Crippen molar-refractivity contribution < 1.29 is 4.42 Å². The van der Waals surface area contributed by atoms with E-state index in [4.69, 9.17) is 4.42 Å². The summed E-state index contributed by atoms with van der Waals surface area (Å²) in [5.74, 6) is 0. The summed E-state index contributed by atoms with van der Waals surface area (Å²) < 4.78 is 11.0. The van der Waals surface area contributed by atoms with Gasteiger partial charge in [0.25, 0.3) is 0 Å². The van der Waals surface area contributed by atoms with Crippen molar-refractivity contribution in [3.05, 3.63) is 255 Å². The molecule has 0 aliphatic carbocycles. The van der Waals surface area contributed by atoms with Gasteiger partial charge in [0.2, 0.25) is 0 Å². The van der Waals surface area contributed by atoms with Crippen LogP contribution < -0.4 is 10.2 Å². The highest BCUT2D eigenvalue weighted by molar-refractivity contribution is 7.26. The number of rotatable bonds is 7. The van der Waals surface area contributed by atoms with E-state index >= 15 is 0 Å². The van der Waals surface area contributed by atoms with Crippen molar-refractivity contribution in [1.29, 1.82) is 0 Å². The molecule has 0 fully saturated rings. The molecule has 4 heterocycles. The normalized spacial score (nSPS) is 13.6. The summed E-state index contributed by atoms with van der Waals surface area (Å²) >= 11 is 1.84. The Kier molecular flexibility index (Phi) is 9.51. The van der Waals surface area contributed by atoms with Gasteiger partial charge < -0.3 is 19.2 Å². The second-order valence-electron chi connectivity index (χ2n) is 18.3. The van der Waals surface area contributed by atoms with Gasteiger partial charge in [-0.3, -0.25) is 0 Å². The number of thiophene rings is 1. The summed E-state index contributed by atoms with van der Waals surface area (Å²) in [5, 5.41) is 11.0. The monoisotopic (exact) mass is 925 g/mol. The van der Waals surface area contributed by atoms with E-state index in [1.54, 1.807) is 0 Å². The van der Waals surface area contributed by atoms with Crippen LogP contribution in [0.5, 0.6) is 0 Å². The quantitative estimate of drug-likeness (QED) is 0.173. The number of nitrogens with one attached hydrogen (secondary N) is 1. The smallest absolute Gasteiger partial charge is 0.135 e. The van der Waals surface area contributed by atoms with Crippen LogP contribution in [-0.2, 0) is 0 Å². The Morgan fingerprint density at radius 2 is 1.17 bits per heavy atom. The zero-order chi connectivity index (χ0) is 47.0. The van der Waals surface area contributed by atoms with Crippen LogP contribution in [0.25, 0.3) is 109 Å². The lowest BCUT2D eigenvalue weighted by Gasteiger charge is -2.26. The van der Waals surface area contributed by atoms with Crippen LogP contribution in [0.3, 0.4) is 0 Å². The molecule has 4 nitrogen and oxygen atoms in total. The second kappa shape index (κ2) is 16.5. The molecular weight excluding hydrogens is 883 g/mol. The lowest BCUT2D eigenvalue weighted by molar-refractivity contribution is 0.669. The number of aromatic nitrogens is 1. The third-order valence-corrected chi connectivity index (χ3v) is 15.3. The second-order valence-corrected chi connectivity index (χ2v) is 19.3. The fraction of sp³-hybridized carbons (Fsp3) is 0. The van der Waals surface area contributed by atoms with Crippen molar-refractivity contribution in [2.45, 2.75) is 0 Å². The predicted octanol–water partition coefficient (Wildman–Crippen LogP) is 19.0. The van der Waals surface area contributed by atoms with E-state index in [-0.39, 0.29) is 0 Å².